The molecular formula is C87H59BN8. The molecule has 0 amide bonds. The second-order valence-electron chi connectivity index (χ2n) is 24.3. The Bertz CT molecular complexity index is 5430. The molecule has 0 spiro atoms. The van der Waals surface area contributed by atoms with Crippen molar-refractivity contribution in [2.24, 2.45) is 0 Å². The summed E-state index contributed by atoms with van der Waals surface area (Å²) in [4.78, 5) is 24.9. The van der Waals surface area contributed by atoms with Crippen molar-refractivity contribution in [3.05, 3.63) is 358 Å². The Balaban J connectivity index is 0.807. The minimum Gasteiger partial charge on any atom is -0.311 e. The van der Waals surface area contributed by atoms with Crippen LogP contribution in [0.2, 0.25) is 0 Å². The number of hydrogen-bond donors (Lipinski definition) is 0. The van der Waals surface area contributed by atoms with Crippen molar-refractivity contribution in [1.29, 1.82) is 0 Å². The zero-order valence-corrected chi connectivity index (χ0v) is 52.2. The molecule has 0 unspecified atom stereocenters. The zero-order valence-electron chi connectivity index (χ0n) is 52.2. The fourth-order valence-electron chi connectivity index (χ4n) is 14.6. The lowest BCUT2D eigenvalue weighted by atomic mass is 9.32. The average Bonchev–Trinajstić information content (AvgIpc) is 0.812. The van der Waals surface area contributed by atoms with E-state index in [-0.39, 0.29) is 6.71 Å². The molecule has 2 aromatic heterocycles. The van der Waals surface area contributed by atoms with Crippen molar-refractivity contribution in [3.8, 4) is 51.0 Å². The molecule has 0 radical (unpaired) electrons. The van der Waals surface area contributed by atoms with Crippen molar-refractivity contribution in [1.82, 2.24) is 19.5 Å². The molecule has 16 aromatic rings. The third kappa shape index (κ3) is 9.67. The molecular weight excluding hydrogens is 1170 g/mol. The number of rotatable bonds is 13. The second kappa shape index (κ2) is 23.7. The summed E-state index contributed by atoms with van der Waals surface area (Å²) in [6.45, 7) is -0.0723. The minimum atomic E-state index is -0.0723. The fraction of sp³-hybridized carbons (Fsp3) is 0. The molecule has 8 nitrogen and oxygen atoms in total. The monoisotopic (exact) mass is 1230 g/mol. The van der Waals surface area contributed by atoms with Gasteiger partial charge >= 0.3 is 0 Å². The number of aromatic nitrogens is 4. The number of fused-ring (bicyclic) bond motifs is 7. The Morgan fingerprint density at radius 2 is 0.615 bits per heavy atom. The Labute approximate surface area is 557 Å². The van der Waals surface area contributed by atoms with Gasteiger partial charge in [-0.05, 0) is 185 Å². The van der Waals surface area contributed by atoms with E-state index < -0.39 is 0 Å². The smallest absolute Gasteiger partial charge is 0.252 e. The summed E-state index contributed by atoms with van der Waals surface area (Å²) in [6, 6.07) is 128. The highest BCUT2D eigenvalue weighted by Crippen LogP contribution is 2.48. The lowest BCUT2D eigenvalue weighted by Crippen LogP contribution is -2.61. The Hall–Kier alpha value is -12.8. The van der Waals surface area contributed by atoms with Gasteiger partial charge in [-0.25, -0.2) is 15.0 Å². The van der Waals surface area contributed by atoms with Crippen LogP contribution in [-0.4, -0.2) is 26.2 Å². The van der Waals surface area contributed by atoms with Gasteiger partial charge in [0.2, 0.25) is 0 Å². The summed E-state index contributed by atoms with van der Waals surface area (Å²) in [5.41, 5.74) is 25.3. The quantitative estimate of drug-likeness (QED) is 0.107. The molecule has 0 N–H and O–H groups in total. The van der Waals surface area contributed by atoms with Gasteiger partial charge in [0.15, 0.2) is 17.5 Å². The standard InChI is InChI=1S/C87H59BN8/c1-8-27-60(28-9-1)85-89-86(61-29-10-2-11-30-61)91-87(90-85)62-49-51-69(52-50-62)94-77-55-53-71(92(64-32-12-3-13-33-64)65-34-14-4-15-35-65)58-74(77)75-59-72(54-56-78(75)94)93(66-36-16-5-17-37-66)70-42-24-31-63(57-70)73-43-25-46-80-83(73)88-76-44-22-23-45-79(76)95(67-38-18-6-19-39-67)81-47-26-48-82(84(81)88)96(80)68-40-20-7-21-41-68/h1-59H. The van der Waals surface area contributed by atoms with Crippen LogP contribution in [0, 0.1) is 0 Å². The van der Waals surface area contributed by atoms with Crippen molar-refractivity contribution < 1.29 is 0 Å². The number of nitrogens with zero attached hydrogens (tertiary/aromatic N) is 8. The molecule has 2 aliphatic heterocycles. The average molecular weight is 1230 g/mol. The van der Waals surface area contributed by atoms with Gasteiger partial charge in [-0.2, -0.15) is 0 Å². The third-order valence-corrected chi connectivity index (χ3v) is 18.8. The topological polar surface area (TPSA) is 56.6 Å². The van der Waals surface area contributed by atoms with Gasteiger partial charge in [-0.1, -0.05) is 200 Å². The van der Waals surface area contributed by atoms with Crippen LogP contribution in [0.3, 0.4) is 0 Å². The van der Waals surface area contributed by atoms with Gasteiger partial charge in [0.25, 0.3) is 6.71 Å². The van der Waals surface area contributed by atoms with E-state index in [0.717, 1.165) is 101 Å². The summed E-state index contributed by atoms with van der Waals surface area (Å²) in [6.07, 6.45) is 0. The highest BCUT2D eigenvalue weighted by Gasteiger charge is 2.44. The first-order chi connectivity index (χ1) is 47.6. The Morgan fingerprint density at radius 3 is 1.12 bits per heavy atom. The van der Waals surface area contributed by atoms with Gasteiger partial charge in [0.05, 0.1) is 11.0 Å². The van der Waals surface area contributed by atoms with E-state index in [9.17, 15) is 0 Å². The van der Waals surface area contributed by atoms with Crippen LogP contribution in [0.1, 0.15) is 0 Å². The summed E-state index contributed by atoms with van der Waals surface area (Å²) in [7, 11) is 0. The first-order valence-electron chi connectivity index (χ1n) is 32.6. The second-order valence-corrected chi connectivity index (χ2v) is 24.3. The lowest BCUT2D eigenvalue weighted by molar-refractivity contribution is 1.07. The van der Waals surface area contributed by atoms with Crippen LogP contribution < -0.4 is 36.0 Å². The van der Waals surface area contributed by atoms with Gasteiger partial charge in [-0.3, -0.25) is 0 Å². The molecule has 4 heterocycles. The van der Waals surface area contributed by atoms with Crippen molar-refractivity contribution in [3.63, 3.8) is 0 Å². The molecule has 0 bridgehead atoms. The highest BCUT2D eigenvalue weighted by atomic mass is 15.2. The summed E-state index contributed by atoms with van der Waals surface area (Å²) in [5, 5.41) is 2.22. The molecule has 9 heteroatoms. The largest absolute Gasteiger partial charge is 0.311 e. The van der Waals surface area contributed by atoms with Gasteiger partial charge < -0.3 is 24.2 Å². The zero-order chi connectivity index (χ0) is 63.5. The molecule has 18 rings (SSSR count). The molecule has 0 atom stereocenters. The van der Waals surface area contributed by atoms with E-state index >= 15 is 0 Å². The summed E-state index contributed by atoms with van der Waals surface area (Å²) in [5.74, 6) is 1.85. The van der Waals surface area contributed by atoms with Crippen LogP contribution >= 0.6 is 0 Å². The normalized spacial score (nSPS) is 12.1. The molecule has 0 fully saturated rings. The summed E-state index contributed by atoms with van der Waals surface area (Å²) < 4.78 is 2.40. The highest BCUT2D eigenvalue weighted by molar-refractivity contribution is 7.01. The van der Waals surface area contributed by atoms with E-state index in [1.165, 1.54) is 39.0 Å². The Morgan fingerprint density at radius 1 is 0.250 bits per heavy atom. The number of para-hydroxylation sites is 6. The maximum Gasteiger partial charge on any atom is 0.252 e. The van der Waals surface area contributed by atoms with Crippen LogP contribution in [0.25, 0.3) is 72.8 Å². The molecule has 96 heavy (non-hydrogen) atoms. The van der Waals surface area contributed by atoms with Gasteiger partial charge in [-0.15, -0.1) is 0 Å². The lowest BCUT2D eigenvalue weighted by Gasteiger charge is -2.44. The first kappa shape index (κ1) is 56.0. The van der Waals surface area contributed by atoms with Crippen molar-refractivity contribution in [2.45, 2.75) is 0 Å². The van der Waals surface area contributed by atoms with E-state index in [2.05, 4.69) is 321 Å². The maximum atomic E-state index is 5.10. The van der Waals surface area contributed by atoms with Crippen LogP contribution in [0.4, 0.5) is 68.2 Å². The van der Waals surface area contributed by atoms with Crippen molar-refractivity contribution in [2.75, 3.05) is 19.6 Å². The van der Waals surface area contributed by atoms with E-state index in [1.807, 2.05) is 60.7 Å². The molecule has 14 aromatic carbocycles. The molecule has 0 saturated carbocycles. The number of hydrogen-bond acceptors (Lipinski definition) is 7. The van der Waals surface area contributed by atoms with Gasteiger partial charge in [0.1, 0.15) is 0 Å². The molecule has 2 aliphatic rings. The number of benzene rings is 14. The van der Waals surface area contributed by atoms with E-state index in [0.29, 0.717) is 17.5 Å². The minimum absolute atomic E-state index is 0.0723. The molecule has 0 saturated heterocycles. The first-order valence-corrected chi connectivity index (χ1v) is 32.6. The Kier molecular flexibility index (Phi) is 13.8. The van der Waals surface area contributed by atoms with Crippen LogP contribution in [0.15, 0.2) is 358 Å². The van der Waals surface area contributed by atoms with E-state index in [4.69, 9.17) is 15.0 Å². The maximum absolute atomic E-state index is 5.10. The summed E-state index contributed by atoms with van der Waals surface area (Å²) >= 11 is 0. The van der Waals surface area contributed by atoms with Crippen LogP contribution in [0.5, 0.6) is 0 Å². The van der Waals surface area contributed by atoms with Gasteiger partial charge in [0, 0.05) is 101 Å². The van der Waals surface area contributed by atoms with Crippen LogP contribution in [-0.2, 0) is 0 Å². The number of anilines is 12. The van der Waals surface area contributed by atoms with E-state index in [1.54, 1.807) is 0 Å². The predicted octanol–water partition coefficient (Wildman–Crippen LogP) is 20.7. The SMILES string of the molecule is c1ccc(-c2nc(-c3ccccc3)nc(-c3ccc(-n4c5ccc(N(c6ccccc6)c6ccccc6)cc5c5cc(N(c6ccccc6)c6cccc(-c7cccc8c7B7c9ccccc9N(c9ccccc9)c9cccc(c97)N8c7ccccc7)c6)ccc54)cc3)n2)cc1. The predicted molar refractivity (Wildman–Crippen MR) is 399 cm³/mol. The van der Waals surface area contributed by atoms with Crippen molar-refractivity contribution >= 4 is 113 Å². The molecule has 0 aliphatic carbocycles. The fourth-order valence-corrected chi connectivity index (χ4v) is 14.6. The molecule has 450 valence electrons. The third-order valence-electron chi connectivity index (χ3n) is 18.8.